The molecule has 0 unspecified atom stereocenters. The lowest BCUT2D eigenvalue weighted by atomic mass is 9.71. The smallest absolute Gasteiger partial charge is 0.399 e. The van der Waals surface area contributed by atoms with Crippen LogP contribution < -0.4 is 20.4 Å². The van der Waals surface area contributed by atoms with Crippen LogP contribution in [0.3, 0.4) is 0 Å². The van der Waals surface area contributed by atoms with E-state index < -0.39 is 51.5 Å². The fourth-order valence-corrected chi connectivity index (χ4v) is 12.9. The zero-order valence-electron chi connectivity index (χ0n) is 35.5. The highest BCUT2D eigenvalue weighted by molar-refractivity contribution is 7.80. The molecule has 0 N–H and O–H groups in total. The third kappa shape index (κ3) is 7.31. The average molecular weight is 861 g/mol. The molecule has 0 radical (unpaired) electrons. The van der Waals surface area contributed by atoms with Crippen LogP contribution in [0.5, 0.6) is 5.75 Å². The molecule has 4 atom stereocenters. The number of ether oxygens (including phenoxy) is 4. The number of methoxy groups -OCH3 is 2. The molecule has 7 aromatic carbocycles. The van der Waals surface area contributed by atoms with Crippen LogP contribution in [-0.2, 0) is 39.2 Å². The summed E-state index contributed by atoms with van der Waals surface area (Å²) in [7, 11) is -0.254. The molecule has 314 valence electrons. The molecule has 2 aliphatic rings. The quantitative estimate of drug-likeness (QED) is 0.120. The van der Waals surface area contributed by atoms with E-state index in [1.807, 2.05) is 86.6 Å². The SMILES string of the molecule is CO[C@]1(C)O[C@@H]2[C@@H](O[C@@]1(C)OC)C(c1ccccc1)(c1ccccc1)OP(Oc1c(C)cccc1P(c1ccccc1)c1ccccc1)OC2(c1ccccc1)c1ccccc1. The number of hydrogen-bond donors (Lipinski definition) is 0. The second-order valence-corrected chi connectivity index (χ2v) is 18.9. The first kappa shape index (κ1) is 42.3. The van der Waals surface area contributed by atoms with Crippen molar-refractivity contribution in [2.24, 2.45) is 0 Å². The molecule has 0 aromatic heterocycles. The van der Waals surface area contributed by atoms with Gasteiger partial charge in [-0.1, -0.05) is 200 Å². The molecule has 7 aromatic rings. The summed E-state index contributed by atoms with van der Waals surface area (Å²) in [5.41, 5.74) is 1.41. The van der Waals surface area contributed by atoms with E-state index in [2.05, 4.69) is 134 Å². The molecule has 2 heterocycles. The predicted octanol–water partition coefficient (Wildman–Crippen LogP) is 10.8. The van der Waals surface area contributed by atoms with Crippen molar-refractivity contribution in [2.75, 3.05) is 14.2 Å². The van der Waals surface area contributed by atoms with Gasteiger partial charge in [0, 0.05) is 19.5 Å². The van der Waals surface area contributed by atoms with Crippen LogP contribution in [0.15, 0.2) is 200 Å². The lowest BCUT2D eigenvalue weighted by Gasteiger charge is -2.57. The Morgan fingerprint density at radius 3 is 1.13 bits per heavy atom. The maximum Gasteiger partial charge on any atom is 0.399 e. The zero-order chi connectivity index (χ0) is 42.8. The largest absolute Gasteiger partial charge is 0.426 e. The third-order valence-corrected chi connectivity index (χ3v) is 15.9. The van der Waals surface area contributed by atoms with Crippen LogP contribution in [0.2, 0.25) is 0 Å². The van der Waals surface area contributed by atoms with Gasteiger partial charge in [-0.2, -0.15) is 0 Å². The first-order valence-electron chi connectivity index (χ1n) is 20.8. The summed E-state index contributed by atoms with van der Waals surface area (Å²) in [6, 6.07) is 68.2. The second kappa shape index (κ2) is 17.6. The first-order valence-corrected chi connectivity index (χ1v) is 23.2. The van der Waals surface area contributed by atoms with Gasteiger partial charge in [-0.3, -0.25) is 9.05 Å². The average Bonchev–Trinajstić information content (AvgIpc) is 3.45. The van der Waals surface area contributed by atoms with E-state index in [1.54, 1.807) is 14.2 Å². The number of rotatable bonds is 11. The highest BCUT2D eigenvalue weighted by atomic mass is 31.2. The molecule has 2 saturated heterocycles. The molecule has 9 rings (SSSR count). The van der Waals surface area contributed by atoms with Gasteiger partial charge in [0.25, 0.3) is 0 Å². The van der Waals surface area contributed by atoms with E-state index in [9.17, 15) is 0 Å². The molecule has 7 nitrogen and oxygen atoms in total. The molecule has 0 bridgehead atoms. The molecule has 62 heavy (non-hydrogen) atoms. The fourth-order valence-electron chi connectivity index (χ4n) is 8.81. The Morgan fingerprint density at radius 1 is 0.452 bits per heavy atom. The van der Waals surface area contributed by atoms with E-state index in [0.717, 1.165) is 33.1 Å². The number of benzene rings is 7. The van der Waals surface area contributed by atoms with E-state index in [1.165, 1.54) is 10.6 Å². The number of hydrogen-bond acceptors (Lipinski definition) is 7. The highest BCUT2D eigenvalue weighted by Gasteiger charge is 2.70. The maximum atomic E-state index is 7.81. The standard InChI is InChI=1S/C53H50O7P2/c1-39-25-24-38-46(61(44-34-20-10-21-35-44)45-36-22-11-23-37-45)47(39)58-62-59-52(40-26-12-6-13-27-40,41-28-14-7-15-29-41)48-49(57-51(3,55-5)50(2,54-4)56-48)53(60-62,42-30-16-8-17-31-42)43-32-18-9-19-33-43/h6-38,48-49H,1-5H3/t48-,49-,50-,51-/m1/s1. The highest BCUT2D eigenvalue weighted by Crippen LogP contribution is 2.65. The Kier molecular flexibility index (Phi) is 12.0. The summed E-state index contributed by atoms with van der Waals surface area (Å²) in [6.45, 7) is 5.78. The molecular formula is C53H50O7P2. The van der Waals surface area contributed by atoms with Crippen molar-refractivity contribution < 1.29 is 32.5 Å². The predicted molar refractivity (Wildman–Crippen MR) is 248 cm³/mol. The minimum Gasteiger partial charge on any atom is -0.426 e. The van der Waals surface area contributed by atoms with Crippen LogP contribution in [0.1, 0.15) is 41.7 Å². The fraction of sp³-hybridized carbons (Fsp3) is 0.208. The Balaban J connectivity index is 1.36. The number of fused-ring (bicyclic) bond motifs is 1. The summed E-state index contributed by atoms with van der Waals surface area (Å²) >= 11 is 0. The monoisotopic (exact) mass is 860 g/mol. The van der Waals surface area contributed by atoms with E-state index in [4.69, 9.17) is 32.5 Å². The van der Waals surface area contributed by atoms with Crippen LogP contribution in [-0.4, -0.2) is 38.0 Å². The van der Waals surface area contributed by atoms with Gasteiger partial charge in [0.05, 0.1) is 0 Å². The summed E-state index contributed by atoms with van der Waals surface area (Å²) < 4.78 is 50.8. The van der Waals surface area contributed by atoms with Gasteiger partial charge in [-0.15, -0.1) is 0 Å². The first-order chi connectivity index (χ1) is 30.3. The van der Waals surface area contributed by atoms with Crippen LogP contribution >= 0.6 is 16.5 Å². The van der Waals surface area contributed by atoms with Crippen molar-refractivity contribution in [2.45, 2.75) is 55.8 Å². The van der Waals surface area contributed by atoms with Gasteiger partial charge < -0.3 is 23.5 Å². The topological polar surface area (TPSA) is 64.6 Å². The van der Waals surface area contributed by atoms with Gasteiger partial charge in [-0.25, -0.2) is 0 Å². The van der Waals surface area contributed by atoms with Crippen LogP contribution in [0.25, 0.3) is 0 Å². The summed E-state index contributed by atoms with van der Waals surface area (Å²) in [6.07, 6.45) is -1.89. The van der Waals surface area contributed by atoms with Gasteiger partial charge in [0.1, 0.15) is 18.0 Å². The maximum absolute atomic E-state index is 7.81. The second-order valence-electron chi connectivity index (χ2n) is 15.7. The molecule has 0 aliphatic carbocycles. The van der Waals surface area contributed by atoms with Gasteiger partial charge in [-0.05, 0) is 67.1 Å². The summed E-state index contributed by atoms with van der Waals surface area (Å²) in [5.74, 6) is -2.17. The Labute approximate surface area is 367 Å². The number of aryl methyl sites for hydroxylation is 1. The molecule has 0 amide bonds. The van der Waals surface area contributed by atoms with Crippen molar-refractivity contribution in [1.82, 2.24) is 0 Å². The van der Waals surface area contributed by atoms with Crippen LogP contribution in [0, 0.1) is 6.92 Å². The van der Waals surface area contributed by atoms with Crippen molar-refractivity contribution in [3.8, 4) is 5.75 Å². The van der Waals surface area contributed by atoms with Crippen molar-refractivity contribution >= 4 is 32.4 Å². The van der Waals surface area contributed by atoms with Crippen molar-refractivity contribution in [1.29, 1.82) is 0 Å². The molecular weight excluding hydrogens is 811 g/mol. The molecule has 2 aliphatic heterocycles. The van der Waals surface area contributed by atoms with E-state index >= 15 is 0 Å². The molecule has 9 heteroatoms. The lowest BCUT2D eigenvalue weighted by molar-refractivity contribution is -0.465. The lowest BCUT2D eigenvalue weighted by Crippen LogP contribution is -2.72. The summed E-state index contributed by atoms with van der Waals surface area (Å²) in [5, 5.41) is 3.42. The normalized spacial score (nSPS) is 23.3. The van der Waals surface area contributed by atoms with Crippen molar-refractivity contribution in [3.63, 3.8) is 0 Å². The third-order valence-electron chi connectivity index (χ3n) is 12.3. The van der Waals surface area contributed by atoms with Gasteiger partial charge in [0.2, 0.25) is 11.6 Å². The van der Waals surface area contributed by atoms with Gasteiger partial charge in [0.15, 0.2) is 11.2 Å². The Hall–Kier alpha value is -5.04. The number of para-hydroxylation sites is 1. The minimum atomic E-state index is -2.38. The minimum absolute atomic E-state index is 0.692. The van der Waals surface area contributed by atoms with E-state index in [0.29, 0.717) is 5.75 Å². The van der Waals surface area contributed by atoms with E-state index in [-0.39, 0.29) is 0 Å². The summed E-state index contributed by atoms with van der Waals surface area (Å²) in [4.78, 5) is 0. The molecule has 2 fully saturated rings. The molecule has 0 spiro atoms. The van der Waals surface area contributed by atoms with Gasteiger partial charge >= 0.3 is 8.60 Å². The Bertz CT molecular complexity index is 2320. The zero-order valence-corrected chi connectivity index (χ0v) is 37.2. The van der Waals surface area contributed by atoms with Crippen LogP contribution in [0.4, 0.5) is 0 Å². The Morgan fingerprint density at radius 2 is 0.790 bits per heavy atom. The molecule has 0 saturated carbocycles. The van der Waals surface area contributed by atoms with Crippen molar-refractivity contribution in [3.05, 3.63) is 228 Å².